The monoisotopic (exact) mass is 212 g/mol. The van der Waals surface area contributed by atoms with Crippen LogP contribution in [0.2, 0.25) is 0 Å². The van der Waals surface area contributed by atoms with Gasteiger partial charge in [0.2, 0.25) is 0 Å². The molecule has 0 radical (unpaired) electrons. The van der Waals surface area contributed by atoms with E-state index in [1.165, 1.54) is 51.6 Å². The molecule has 1 atom stereocenters. The molecule has 0 amide bonds. The predicted molar refractivity (Wildman–Crippen MR) is 66.9 cm³/mol. The van der Waals surface area contributed by atoms with Crippen LogP contribution in [0.15, 0.2) is 0 Å². The van der Waals surface area contributed by atoms with E-state index in [4.69, 9.17) is 5.73 Å². The second-order valence-corrected chi connectivity index (χ2v) is 5.26. The van der Waals surface area contributed by atoms with E-state index in [2.05, 4.69) is 18.9 Å². The largest absolute Gasteiger partial charge is 0.330 e. The molecule has 90 valence electrons. The third-order valence-corrected chi connectivity index (χ3v) is 3.64. The molecule has 0 aromatic carbocycles. The van der Waals surface area contributed by atoms with Crippen molar-refractivity contribution >= 4 is 0 Å². The summed E-state index contributed by atoms with van der Waals surface area (Å²) in [6.07, 6.45) is 8.35. The van der Waals surface area contributed by atoms with Gasteiger partial charge in [-0.15, -0.1) is 0 Å². The zero-order valence-corrected chi connectivity index (χ0v) is 10.5. The molecule has 1 unspecified atom stereocenters. The van der Waals surface area contributed by atoms with Crippen LogP contribution >= 0.6 is 0 Å². The number of hydrogen-bond acceptors (Lipinski definition) is 2. The molecule has 0 heterocycles. The third-order valence-electron chi connectivity index (χ3n) is 3.64. The van der Waals surface area contributed by atoms with Gasteiger partial charge in [-0.05, 0) is 44.7 Å². The van der Waals surface area contributed by atoms with Gasteiger partial charge in [-0.3, -0.25) is 0 Å². The van der Waals surface area contributed by atoms with Crippen LogP contribution in [0.1, 0.15) is 45.4 Å². The summed E-state index contributed by atoms with van der Waals surface area (Å²) in [5.41, 5.74) is 5.79. The molecular weight excluding hydrogens is 184 g/mol. The van der Waals surface area contributed by atoms with Crippen molar-refractivity contribution in [3.05, 3.63) is 0 Å². The number of rotatable bonds is 7. The maximum absolute atomic E-state index is 5.79. The Morgan fingerprint density at radius 3 is 2.53 bits per heavy atom. The van der Waals surface area contributed by atoms with E-state index in [1.807, 2.05) is 0 Å². The lowest BCUT2D eigenvalue weighted by atomic mass is 10.0. The van der Waals surface area contributed by atoms with Gasteiger partial charge in [0.15, 0.2) is 0 Å². The third kappa shape index (κ3) is 4.98. The zero-order chi connectivity index (χ0) is 11.1. The summed E-state index contributed by atoms with van der Waals surface area (Å²) in [6.45, 7) is 5.59. The first-order valence-electron chi connectivity index (χ1n) is 6.64. The molecule has 0 aromatic heterocycles. The van der Waals surface area contributed by atoms with Gasteiger partial charge < -0.3 is 10.6 Å². The van der Waals surface area contributed by atoms with Crippen LogP contribution in [0, 0.1) is 11.8 Å². The second kappa shape index (κ2) is 7.24. The lowest BCUT2D eigenvalue weighted by molar-refractivity contribution is 0.234. The molecule has 1 saturated carbocycles. The first kappa shape index (κ1) is 13.0. The smallest absolute Gasteiger partial charge is 0.00188 e. The van der Waals surface area contributed by atoms with Gasteiger partial charge >= 0.3 is 0 Å². The van der Waals surface area contributed by atoms with Crippen LogP contribution < -0.4 is 5.73 Å². The van der Waals surface area contributed by atoms with Gasteiger partial charge in [0, 0.05) is 13.1 Å². The van der Waals surface area contributed by atoms with E-state index in [0.717, 1.165) is 12.5 Å². The average molecular weight is 212 g/mol. The molecule has 2 nitrogen and oxygen atoms in total. The van der Waals surface area contributed by atoms with E-state index in [1.54, 1.807) is 0 Å². The molecule has 0 bridgehead atoms. The molecule has 1 aliphatic rings. The fourth-order valence-corrected chi connectivity index (χ4v) is 2.84. The highest BCUT2D eigenvalue weighted by atomic mass is 15.1. The molecule has 2 N–H and O–H groups in total. The van der Waals surface area contributed by atoms with E-state index < -0.39 is 0 Å². The van der Waals surface area contributed by atoms with Crippen LogP contribution in [0.5, 0.6) is 0 Å². The summed E-state index contributed by atoms with van der Waals surface area (Å²) >= 11 is 0. The Hall–Kier alpha value is -0.0800. The van der Waals surface area contributed by atoms with E-state index in [0.29, 0.717) is 5.92 Å². The maximum atomic E-state index is 5.79. The van der Waals surface area contributed by atoms with Gasteiger partial charge in [0.1, 0.15) is 0 Å². The Morgan fingerprint density at radius 2 is 2.00 bits per heavy atom. The minimum Gasteiger partial charge on any atom is -0.330 e. The van der Waals surface area contributed by atoms with E-state index in [9.17, 15) is 0 Å². The number of hydrogen-bond donors (Lipinski definition) is 1. The van der Waals surface area contributed by atoms with Crippen molar-refractivity contribution in [2.24, 2.45) is 17.6 Å². The fourth-order valence-electron chi connectivity index (χ4n) is 2.84. The Kier molecular flexibility index (Phi) is 6.26. The van der Waals surface area contributed by atoms with Crippen LogP contribution in [-0.2, 0) is 0 Å². The summed E-state index contributed by atoms with van der Waals surface area (Å²) < 4.78 is 0. The van der Waals surface area contributed by atoms with Crippen molar-refractivity contribution in [1.29, 1.82) is 0 Å². The summed E-state index contributed by atoms with van der Waals surface area (Å²) in [7, 11) is 2.26. The van der Waals surface area contributed by atoms with Crippen molar-refractivity contribution in [1.82, 2.24) is 4.90 Å². The van der Waals surface area contributed by atoms with Crippen molar-refractivity contribution in [3.8, 4) is 0 Å². The molecule has 1 fully saturated rings. The highest BCUT2D eigenvalue weighted by Crippen LogP contribution is 2.25. The molecule has 2 heteroatoms. The standard InChI is InChI=1S/C13H28N2/c1-3-6-13(9-14)11-15(2)10-12-7-4-5-8-12/h12-13H,3-11,14H2,1-2H3. The van der Waals surface area contributed by atoms with Crippen LogP contribution in [0.3, 0.4) is 0 Å². The summed E-state index contributed by atoms with van der Waals surface area (Å²) in [5, 5.41) is 0. The van der Waals surface area contributed by atoms with E-state index in [-0.39, 0.29) is 0 Å². The molecular formula is C13H28N2. The first-order chi connectivity index (χ1) is 7.26. The Bertz CT molecular complexity index is 153. The van der Waals surface area contributed by atoms with Crippen molar-refractivity contribution in [3.63, 3.8) is 0 Å². The Labute approximate surface area is 95.2 Å². The predicted octanol–water partition coefficient (Wildman–Crippen LogP) is 2.48. The number of nitrogens with two attached hydrogens (primary N) is 1. The van der Waals surface area contributed by atoms with Crippen molar-refractivity contribution in [2.75, 3.05) is 26.7 Å². The molecule has 0 aromatic rings. The van der Waals surface area contributed by atoms with Gasteiger partial charge in [0.05, 0.1) is 0 Å². The molecule has 0 spiro atoms. The number of nitrogens with zero attached hydrogens (tertiary/aromatic N) is 1. The minimum atomic E-state index is 0.710. The normalized spacial score (nSPS) is 20.0. The minimum absolute atomic E-state index is 0.710. The summed E-state index contributed by atoms with van der Waals surface area (Å²) in [5.74, 6) is 1.68. The van der Waals surface area contributed by atoms with Gasteiger partial charge in [-0.2, -0.15) is 0 Å². The molecule has 15 heavy (non-hydrogen) atoms. The highest BCUT2D eigenvalue weighted by Gasteiger charge is 2.18. The maximum Gasteiger partial charge on any atom is 0.00188 e. The molecule has 1 aliphatic carbocycles. The van der Waals surface area contributed by atoms with Gasteiger partial charge in [-0.25, -0.2) is 0 Å². The molecule has 0 saturated heterocycles. The van der Waals surface area contributed by atoms with E-state index >= 15 is 0 Å². The Morgan fingerprint density at radius 1 is 1.33 bits per heavy atom. The first-order valence-corrected chi connectivity index (χ1v) is 6.64. The highest BCUT2D eigenvalue weighted by molar-refractivity contribution is 4.72. The SMILES string of the molecule is CCCC(CN)CN(C)CC1CCCC1. The molecule has 1 rings (SSSR count). The quantitative estimate of drug-likeness (QED) is 0.702. The average Bonchev–Trinajstić information content (AvgIpc) is 2.69. The van der Waals surface area contributed by atoms with Crippen LogP contribution in [0.25, 0.3) is 0 Å². The molecule has 0 aliphatic heterocycles. The van der Waals surface area contributed by atoms with Crippen molar-refractivity contribution < 1.29 is 0 Å². The topological polar surface area (TPSA) is 29.3 Å². The van der Waals surface area contributed by atoms with Crippen LogP contribution in [0.4, 0.5) is 0 Å². The fraction of sp³-hybridized carbons (Fsp3) is 1.00. The lowest BCUT2D eigenvalue weighted by Gasteiger charge is -2.25. The van der Waals surface area contributed by atoms with Crippen molar-refractivity contribution in [2.45, 2.75) is 45.4 Å². The lowest BCUT2D eigenvalue weighted by Crippen LogP contribution is -2.33. The summed E-state index contributed by atoms with van der Waals surface area (Å²) in [4.78, 5) is 2.50. The Balaban J connectivity index is 2.17. The zero-order valence-electron chi connectivity index (χ0n) is 10.5. The summed E-state index contributed by atoms with van der Waals surface area (Å²) in [6, 6.07) is 0. The van der Waals surface area contributed by atoms with Gasteiger partial charge in [-0.1, -0.05) is 26.2 Å². The second-order valence-electron chi connectivity index (χ2n) is 5.26. The van der Waals surface area contributed by atoms with Crippen LogP contribution in [-0.4, -0.2) is 31.6 Å². The van der Waals surface area contributed by atoms with Gasteiger partial charge in [0.25, 0.3) is 0 Å².